The summed E-state index contributed by atoms with van der Waals surface area (Å²) in [6.07, 6.45) is 3.15. The Morgan fingerprint density at radius 2 is 2.12 bits per heavy atom. The first-order valence-electron chi connectivity index (χ1n) is 5.99. The number of hydrogen-bond donors (Lipinski definition) is 2. The van der Waals surface area contributed by atoms with Crippen molar-refractivity contribution in [1.29, 1.82) is 0 Å². The molecule has 0 spiro atoms. The molecule has 98 valence electrons. The van der Waals surface area contributed by atoms with E-state index in [1.54, 1.807) is 0 Å². The van der Waals surface area contributed by atoms with Gasteiger partial charge < -0.3 is 11.1 Å². The number of nitrogens with one attached hydrogen (secondary N) is 1. The van der Waals surface area contributed by atoms with Crippen LogP contribution in [-0.4, -0.2) is 32.7 Å². The van der Waals surface area contributed by atoms with Crippen molar-refractivity contribution in [2.75, 3.05) is 11.5 Å². The predicted molar refractivity (Wildman–Crippen MR) is 74.2 cm³/mol. The molecule has 1 aliphatic rings. The van der Waals surface area contributed by atoms with Crippen molar-refractivity contribution in [3.63, 3.8) is 0 Å². The summed E-state index contributed by atoms with van der Waals surface area (Å²) in [7, 11) is -0.700. The van der Waals surface area contributed by atoms with E-state index in [-0.39, 0.29) is 22.9 Å². The van der Waals surface area contributed by atoms with Gasteiger partial charge in [0.15, 0.2) is 0 Å². The molecule has 0 aromatic heterocycles. The minimum atomic E-state index is -0.700. The molecule has 1 fully saturated rings. The maximum Gasteiger partial charge on any atom is 0.230 e. The number of rotatable bonds is 5. The number of amides is 1. The van der Waals surface area contributed by atoms with Gasteiger partial charge in [0.1, 0.15) is 0 Å². The molecule has 0 aromatic rings. The van der Waals surface area contributed by atoms with Crippen LogP contribution in [0.15, 0.2) is 0 Å². The monoisotopic (exact) mass is 276 g/mol. The van der Waals surface area contributed by atoms with Crippen LogP contribution >= 0.6 is 12.2 Å². The zero-order valence-electron chi connectivity index (χ0n) is 10.1. The van der Waals surface area contributed by atoms with Gasteiger partial charge in [0.05, 0.1) is 10.9 Å². The molecule has 0 saturated carbocycles. The molecular weight excluding hydrogens is 256 g/mol. The largest absolute Gasteiger partial charge is 0.393 e. The van der Waals surface area contributed by atoms with Crippen molar-refractivity contribution >= 4 is 33.9 Å². The number of nitrogens with two attached hydrogens (primary N) is 1. The molecule has 1 atom stereocenters. The van der Waals surface area contributed by atoms with Crippen molar-refractivity contribution < 1.29 is 9.00 Å². The summed E-state index contributed by atoms with van der Waals surface area (Å²) in [6.45, 7) is 2.00. The average Bonchev–Trinajstić information content (AvgIpc) is 2.28. The molecule has 1 amide bonds. The van der Waals surface area contributed by atoms with E-state index in [4.69, 9.17) is 18.0 Å². The van der Waals surface area contributed by atoms with Crippen LogP contribution in [0, 0.1) is 5.92 Å². The highest BCUT2D eigenvalue weighted by molar-refractivity contribution is 7.85. The van der Waals surface area contributed by atoms with E-state index in [9.17, 15) is 9.00 Å². The lowest BCUT2D eigenvalue weighted by Crippen LogP contribution is -2.45. The predicted octanol–water partition coefficient (Wildman–Crippen LogP) is 0.716. The van der Waals surface area contributed by atoms with E-state index >= 15 is 0 Å². The lowest BCUT2D eigenvalue weighted by Gasteiger charge is -2.24. The molecule has 1 rings (SSSR count). The van der Waals surface area contributed by atoms with Gasteiger partial charge in [-0.3, -0.25) is 9.00 Å². The lowest BCUT2D eigenvalue weighted by atomic mass is 10.0. The molecule has 4 nitrogen and oxygen atoms in total. The number of carbonyl (C=O) groups excluding carboxylic acids is 1. The third-order valence-electron chi connectivity index (χ3n) is 2.97. The molecule has 0 bridgehead atoms. The summed E-state index contributed by atoms with van der Waals surface area (Å²) >= 11 is 4.91. The van der Waals surface area contributed by atoms with Gasteiger partial charge in [-0.25, -0.2) is 0 Å². The van der Waals surface area contributed by atoms with Crippen LogP contribution in [0.3, 0.4) is 0 Å². The maximum absolute atomic E-state index is 12.0. The fraction of sp³-hybridized carbons (Fsp3) is 0.818. The van der Waals surface area contributed by atoms with Crippen LogP contribution in [0.2, 0.25) is 0 Å². The maximum atomic E-state index is 12.0. The van der Waals surface area contributed by atoms with E-state index in [0.29, 0.717) is 17.9 Å². The van der Waals surface area contributed by atoms with E-state index in [1.165, 1.54) is 0 Å². The van der Waals surface area contributed by atoms with Crippen LogP contribution < -0.4 is 11.1 Å². The molecule has 1 saturated heterocycles. The highest BCUT2D eigenvalue weighted by atomic mass is 32.2. The standard InChI is InChI=1S/C11H20N2O2S2/c1-2-3-9(10(12)16)11(14)13-8-4-6-17(15)7-5-8/h8-9H,2-7H2,1H3,(H2,12,16)(H,13,14). The first kappa shape index (κ1) is 14.6. The second-order valence-corrected chi connectivity index (χ2v) is 6.54. The Morgan fingerprint density at radius 1 is 1.53 bits per heavy atom. The van der Waals surface area contributed by atoms with Crippen molar-refractivity contribution in [1.82, 2.24) is 5.32 Å². The Bertz CT molecular complexity index is 311. The third kappa shape index (κ3) is 4.71. The normalized spacial score (nSPS) is 26.2. The number of thiocarbonyl (C=S) groups is 1. The zero-order chi connectivity index (χ0) is 12.8. The summed E-state index contributed by atoms with van der Waals surface area (Å²) in [6, 6.07) is 0.133. The topological polar surface area (TPSA) is 72.2 Å². The summed E-state index contributed by atoms with van der Waals surface area (Å²) in [5.41, 5.74) is 5.57. The van der Waals surface area contributed by atoms with Gasteiger partial charge in [-0.1, -0.05) is 25.6 Å². The zero-order valence-corrected chi connectivity index (χ0v) is 11.7. The highest BCUT2D eigenvalue weighted by Crippen LogP contribution is 2.12. The molecular formula is C11H20N2O2S2. The highest BCUT2D eigenvalue weighted by Gasteiger charge is 2.25. The summed E-state index contributed by atoms with van der Waals surface area (Å²) in [5, 5.41) is 2.96. The number of carbonyl (C=O) groups is 1. The fourth-order valence-electron chi connectivity index (χ4n) is 1.93. The van der Waals surface area contributed by atoms with Crippen molar-refractivity contribution in [3.8, 4) is 0 Å². The Hall–Kier alpha value is -0.490. The quantitative estimate of drug-likeness (QED) is 0.726. The molecule has 6 heteroatoms. The van der Waals surface area contributed by atoms with Crippen LogP contribution in [0.1, 0.15) is 32.6 Å². The molecule has 3 N–H and O–H groups in total. The van der Waals surface area contributed by atoms with Gasteiger partial charge in [-0.05, 0) is 19.3 Å². The van der Waals surface area contributed by atoms with Gasteiger partial charge in [0.2, 0.25) is 5.91 Å². The molecule has 1 heterocycles. The SMILES string of the molecule is CCCC(C(=O)NC1CCS(=O)CC1)C(N)=S. The Morgan fingerprint density at radius 3 is 2.59 bits per heavy atom. The molecule has 0 aromatic carbocycles. The fourth-order valence-corrected chi connectivity index (χ4v) is 3.45. The first-order valence-corrected chi connectivity index (χ1v) is 7.89. The average molecular weight is 276 g/mol. The number of hydrogen-bond acceptors (Lipinski definition) is 3. The molecule has 1 aliphatic heterocycles. The Balaban J connectivity index is 2.46. The van der Waals surface area contributed by atoms with Gasteiger partial charge >= 0.3 is 0 Å². The van der Waals surface area contributed by atoms with Crippen molar-refractivity contribution in [2.24, 2.45) is 11.7 Å². The Kier molecular flexibility index (Phi) is 6.05. The van der Waals surface area contributed by atoms with E-state index < -0.39 is 10.8 Å². The van der Waals surface area contributed by atoms with Crippen LogP contribution in [0.4, 0.5) is 0 Å². The summed E-state index contributed by atoms with van der Waals surface area (Å²) in [5.74, 6) is 0.923. The van der Waals surface area contributed by atoms with E-state index in [1.807, 2.05) is 6.92 Å². The smallest absolute Gasteiger partial charge is 0.230 e. The van der Waals surface area contributed by atoms with Crippen LogP contribution in [0.25, 0.3) is 0 Å². The second kappa shape index (κ2) is 7.06. The summed E-state index contributed by atoms with van der Waals surface area (Å²) < 4.78 is 11.2. The first-order chi connectivity index (χ1) is 8.04. The third-order valence-corrected chi connectivity index (χ3v) is 4.64. The minimum Gasteiger partial charge on any atom is -0.393 e. The van der Waals surface area contributed by atoms with Crippen LogP contribution in [-0.2, 0) is 15.6 Å². The van der Waals surface area contributed by atoms with Gasteiger partial charge in [-0.15, -0.1) is 0 Å². The molecule has 0 aliphatic carbocycles. The lowest BCUT2D eigenvalue weighted by molar-refractivity contribution is -0.123. The molecule has 17 heavy (non-hydrogen) atoms. The van der Waals surface area contributed by atoms with Crippen LogP contribution in [0.5, 0.6) is 0 Å². The molecule has 0 radical (unpaired) electrons. The van der Waals surface area contributed by atoms with Crippen molar-refractivity contribution in [3.05, 3.63) is 0 Å². The van der Waals surface area contributed by atoms with Crippen molar-refractivity contribution in [2.45, 2.75) is 38.6 Å². The summed E-state index contributed by atoms with van der Waals surface area (Å²) in [4.78, 5) is 12.2. The van der Waals surface area contributed by atoms with Gasteiger partial charge in [0.25, 0.3) is 0 Å². The van der Waals surface area contributed by atoms with E-state index in [2.05, 4.69) is 5.32 Å². The Labute approximate surface area is 110 Å². The minimum absolute atomic E-state index is 0.0722. The second-order valence-electron chi connectivity index (χ2n) is 4.37. The van der Waals surface area contributed by atoms with Gasteiger partial charge in [-0.2, -0.15) is 0 Å². The molecule has 1 unspecified atom stereocenters. The van der Waals surface area contributed by atoms with Gasteiger partial charge in [0, 0.05) is 28.3 Å². The van der Waals surface area contributed by atoms with E-state index in [0.717, 1.165) is 19.3 Å².